The first-order chi connectivity index (χ1) is 11.2. The van der Waals surface area contributed by atoms with Crippen LogP contribution in [0.5, 0.6) is 0 Å². The zero-order chi connectivity index (χ0) is 17.9. The number of benzene rings is 2. The SMILES string of the molecule is CC(OC(=O)c1ccccc1S(C)(=O)=O)C(=O)c1ccc(Cl)cc1. The molecule has 0 radical (unpaired) electrons. The Labute approximate surface area is 145 Å². The summed E-state index contributed by atoms with van der Waals surface area (Å²) < 4.78 is 28.6. The van der Waals surface area contributed by atoms with E-state index >= 15 is 0 Å². The lowest BCUT2D eigenvalue weighted by Gasteiger charge is -2.14. The molecule has 2 aromatic rings. The van der Waals surface area contributed by atoms with Crippen LogP contribution in [0.25, 0.3) is 0 Å². The monoisotopic (exact) mass is 366 g/mol. The molecular formula is C17H15ClO5S. The van der Waals surface area contributed by atoms with E-state index in [4.69, 9.17) is 16.3 Å². The predicted octanol–water partition coefficient (Wildman–Crippen LogP) is 3.17. The summed E-state index contributed by atoms with van der Waals surface area (Å²) in [4.78, 5) is 24.4. The first-order valence-electron chi connectivity index (χ1n) is 7.00. The number of carbonyl (C=O) groups is 2. The second-order valence-corrected chi connectivity index (χ2v) is 7.61. The van der Waals surface area contributed by atoms with E-state index in [1.807, 2.05) is 0 Å². The summed E-state index contributed by atoms with van der Waals surface area (Å²) in [6.07, 6.45) is -0.0622. The van der Waals surface area contributed by atoms with Gasteiger partial charge in [-0.25, -0.2) is 13.2 Å². The fourth-order valence-corrected chi connectivity index (χ4v) is 3.09. The first kappa shape index (κ1) is 18.2. The Hall–Kier alpha value is -2.18. The van der Waals surface area contributed by atoms with Crippen molar-refractivity contribution in [3.05, 3.63) is 64.7 Å². The molecule has 2 rings (SSSR count). The van der Waals surface area contributed by atoms with Gasteiger partial charge in [0.1, 0.15) is 0 Å². The van der Waals surface area contributed by atoms with Crippen LogP contribution >= 0.6 is 11.6 Å². The predicted molar refractivity (Wildman–Crippen MR) is 90.2 cm³/mol. The van der Waals surface area contributed by atoms with Crippen LogP contribution in [0.15, 0.2) is 53.4 Å². The largest absolute Gasteiger partial charge is 0.451 e. The topological polar surface area (TPSA) is 77.5 Å². The van der Waals surface area contributed by atoms with Gasteiger partial charge in [-0.1, -0.05) is 23.7 Å². The van der Waals surface area contributed by atoms with Gasteiger partial charge in [0.15, 0.2) is 15.9 Å². The third-order valence-electron chi connectivity index (χ3n) is 3.29. The molecule has 2 aromatic carbocycles. The van der Waals surface area contributed by atoms with Gasteiger partial charge in [0.2, 0.25) is 5.78 Å². The van der Waals surface area contributed by atoms with Gasteiger partial charge in [-0.05, 0) is 43.3 Å². The molecule has 24 heavy (non-hydrogen) atoms. The lowest BCUT2D eigenvalue weighted by Crippen LogP contribution is -2.25. The quantitative estimate of drug-likeness (QED) is 0.600. The lowest BCUT2D eigenvalue weighted by molar-refractivity contribution is 0.0315. The summed E-state index contributed by atoms with van der Waals surface area (Å²) in [5.74, 6) is -1.28. The van der Waals surface area contributed by atoms with Crippen LogP contribution < -0.4 is 0 Å². The third-order valence-corrected chi connectivity index (χ3v) is 4.70. The molecule has 0 fully saturated rings. The van der Waals surface area contributed by atoms with Gasteiger partial charge in [0.25, 0.3) is 0 Å². The van der Waals surface area contributed by atoms with Crippen molar-refractivity contribution in [1.29, 1.82) is 0 Å². The number of hydrogen-bond donors (Lipinski definition) is 0. The Balaban J connectivity index is 2.21. The normalized spacial score (nSPS) is 12.5. The zero-order valence-electron chi connectivity index (χ0n) is 13.0. The van der Waals surface area contributed by atoms with E-state index < -0.39 is 27.7 Å². The average Bonchev–Trinajstić information content (AvgIpc) is 2.54. The number of ether oxygens (including phenoxy) is 1. The van der Waals surface area contributed by atoms with Gasteiger partial charge in [-0.2, -0.15) is 0 Å². The smallest absolute Gasteiger partial charge is 0.340 e. The van der Waals surface area contributed by atoms with Crippen LogP contribution in [0, 0.1) is 0 Å². The fourth-order valence-electron chi connectivity index (χ4n) is 2.09. The molecule has 0 spiro atoms. The van der Waals surface area contributed by atoms with Crippen LogP contribution in [0.4, 0.5) is 0 Å². The standard InChI is InChI=1S/C17H15ClO5S/c1-11(16(19)12-7-9-13(18)10-8-12)23-17(20)14-5-3-4-6-15(14)24(2,21)22/h3-11H,1-2H3. The Bertz CT molecular complexity index is 872. The van der Waals surface area contributed by atoms with Gasteiger partial charge in [-0.3, -0.25) is 4.79 Å². The van der Waals surface area contributed by atoms with Crippen molar-refractivity contribution in [2.24, 2.45) is 0 Å². The Morgan fingerprint density at radius 2 is 1.62 bits per heavy atom. The molecule has 0 amide bonds. The van der Waals surface area contributed by atoms with Crippen molar-refractivity contribution in [2.75, 3.05) is 6.26 Å². The van der Waals surface area contributed by atoms with Gasteiger partial charge in [0.05, 0.1) is 10.5 Å². The molecular weight excluding hydrogens is 352 g/mol. The van der Waals surface area contributed by atoms with Crippen molar-refractivity contribution in [3.8, 4) is 0 Å². The highest BCUT2D eigenvalue weighted by Gasteiger charge is 2.24. The molecule has 0 aromatic heterocycles. The van der Waals surface area contributed by atoms with Crippen LogP contribution in [-0.2, 0) is 14.6 Å². The molecule has 5 nitrogen and oxygen atoms in total. The maximum atomic E-state index is 12.3. The van der Waals surface area contributed by atoms with E-state index in [0.29, 0.717) is 10.6 Å². The highest BCUT2D eigenvalue weighted by atomic mass is 35.5. The average molecular weight is 367 g/mol. The number of sulfone groups is 1. The molecule has 1 atom stereocenters. The van der Waals surface area contributed by atoms with E-state index in [9.17, 15) is 18.0 Å². The lowest BCUT2D eigenvalue weighted by atomic mass is 10.1. The Kier molecular flexibility index (Phi) is 5.41. The number of Topliss-reactive ketones (excluding diaryl/α,β-unsaturated/α-hetero) is 1. The molecule has 1 unspecified atom stereocenters. The molecule has 0 aliphatic heterocycles. The van der Waals surface area contributed by atoms with Crippen molar-refractivity contribution >= 4 is 33.2 Å². The van der Waals surface area contributed by atoms with E-state index in [0.717, 1.165) is 6.26 Å². The highest BCUT2D eigenvalue weighted by Crippen LogP contribution is 2.18. The summed E-state index contributed by atoms with van der Waals surface area (Å²) in [5.41, 5.74) is 0.242. The molecule has 0 aliphatic carbocycles. The number of ketones is 1. The minimum absolute atomic E-state index is 0.101. The molecule has 126 valence electrons. The third kappa shape index (κ3) is 4.21. The number of esters is 1. The molecule has 0 bridgehead atoms. The number of carbonyl (C=O) groups excluding carboxylic acids is 2. The summed E-state index contributed by atoms with van der Waals surface area (Å²) in [7, 11) is -3.59. The second kappa shape index (κ2) is 7.15. The maximum absolute atomic E-state index is 12.3. The van der Waals surface area contributed by atoms with Crippen LogP contribution in [0.3, 0.4) is 0 Å². The summed E-state index contributed by atoms with van der Waals surface area (Å²) in [6.45, 7) is 1.43. The van der Waals surface area contributed by atoms with Crippen molar-refractivity contribution < 1.29 is 22.7 Å². The Morgan fingerprint density at radius 3 is 2.21 bits per heavy atom. The number of rotatable bonds is 5. The van der Waals surface area contributed by atoms with E-state index in [2.05, 4.69) is 0 Å². The molecule has 0 heterocycles. The van der Waals surface area contributed by atoms with Gasteiger partial charge < -0.3 is 4.74 Å². The van der Waals surface area contributed by atoms with E-state index in [1.54, 1.807) is 12.1 Å². The molecule has 7 heteroatoms. The van der Waals surface area contributed by atoms with Crippen LogP contribution in [0.2, 0.25) is 5.02 Å². The van der Waals surface area contributed by atoms with Crippen molar-refractivity contribution in [3.63, 3.8) is 0 Å². The van der Waals surface area contributed by atoms with E-state index in [-0.39, 0.29) is 10.5 Å². The summed E-state index contributed by atoms with van der Waals surface area (Å²) >= 11 is 5.77. The molecule has 0 aliphatic rings. The van der Waals surface area contributed by atoms with Crippen molar-refractivity contribution in [1.82, 2.24) is 0 Å². The minimum atomic E-state index is -3.59. The Morgan fingerprint density at radius 1 is 1.04 bits per heavy atom. The van der Waals surface area contributed by atoms with Crippen LogP contribution in [0.1, 0.15) is 27.6 Å². The van der Waals surface area contributed by atoms with Gasteiger partial charge in [0, 0.05) is 16.8 Å². The van der Waals surface area contributed by atoms with Gasteiger partial charge >= 0.3 is 5.97 Å². The first-order valence-corrected chi connectivity index (χ1v) is 9.27. The maximum Gasteiger partial charge on any atom is 0.340 e. The van der Waals surface area contributed by atoms with Crippen molar-refractivity contribution in [2.45, 2.75) is 17.9 Å². The van der Waals surface area contributed by atoms with E-state index in [1.165, 1.54) is 43.3 Å². The molecule has 0 saturated heterocycles. The summed E-state index contributed by atoms with van der Waals surface area (Å²) in [5, 5.41) is 0.485. The highest BCUT2D eigenvalue weighted by molar-refractivity contribution is 7.90. The minimum Gasteiger partial charge on any atom is -0.451 e. The van der Waals surface area contributed by atoms with Gasteiger partial charge in [-0.15, -0.1) is 0 Å². The second-order valence-electron chi connectivity index (χ2n) is 5.19. The van der Waals surface area contributed by atoms with Crippen LogP contribution in [-0.4, -0.2) is 32.5 Å². The molecule has 0 saturated carbocycles. The number of hydrogen-bond acceptors (Lipinski definition) is 5. The zero-order valence-corrected chi connectivity index (χ0v) is 14.6. The summed E-state index contributed by atoms with van der Waals surface area (Å²) in [6, 6.07) is 11.9. The molecule has 0 N–H and O–H groups in total. The number of halogens is 1. The fraction of sp³-hybridized carbons (Fsp3) is 0.176.